The van der Waals surface area contributed by atoms with E-state index in [1.807, 2.05) is 6.07 Å². The smallest absolute Gasteiger partial charge is 0.220 e. The van der Waals surface area contributed by atoms with Crippen molar-refractivity contribution in [1.29, 1.82) is 0 Å². The van der Waals surface area contributed by atoms with E-state index in [1.165, 1.54) is 6.42 Å². The molecule has 1 atom stereocenters. The van der Waals surface area contributed by atoms with E-state index >= 15 is 0 Å². The molecule has 1 aromatic heterocycles. The predicted octanol–water partition coefficient (Wildman–Crippen LogP) is 1.27. The van der Waals surface area contributed by atoms with E-state index < -0.39 is 0 Å². The average molecular weight is 404 g/mol. The van der Waals surface area contributed by atoms with Crippen molar-refractivity contribution in [3.8, 4) is 0 Å². The molecule has 2 fully saturated rings. The fourth-order valence-electron chi connectivity index (χ4n) is 4.16. The first-order valence-electron chi connectivity index (χ1n) is 11.1. The molecule has 2 N–H and O–H groups in total. The van der Waals surface area contributed by atoms with Gasteiger partial charge in [0.25, 0.3) is 0 Å². The van der Waals surface area contributed by atoms with Crippen LogP contribution in [0, 0.1) is 5.92 Å². The Morgan fingerprint density at radius 2 is 2.03 bits per heavy atom. The Morgan fingerprint density at radius 1 is 1.21 bits per heavy atom. The zero-order valence-corrected chi connectivity index (χ0v) is 18.1. The van der Waals surface area contributed by atoms with E-state index in [-0.39, 0.29) is 5.91 Å². The van der Waals surface area contributed by atoms with Crippen LogP contribution in [-0.2, 0) is 4.79 Å². The van der Waals surface area contributed by atoms with E-state index in [9.17, 15) is 4.79 Å². The summed E-state index contributed by atoms with van der Waals surface area (Å²) in [6.07, 6.45) is 5.53. The molecule has 1 aromatic rings. The van der Waals surface area contributed by atoms with Crippen LogP contribution in [0.4, 0.5) is 11.6 Å². The topological polar surface area (TPSA) is 76.6 Å². The van der Waals surface area contributed by atoms with Gasteiger partial charge in [-0.1, -0.05) is 0 Å². The largest absolute Gasteiger partial charge is 0.370 e. The van der Waals surface area contributed by atoms with Crippen molar-refractivity contribution in [3.05, 3.63) is 12.4 Å². The molecule has 8 heteroatoms. The Balaban J connectivity index is 1.36. The highest BCUT2D eigenvalue weighted by atomic mass is 16.1. The second kappa shape index (κ2) is 11.3. The molecular formula is C21H37N7O. The van der Waals surface area contributed by atoms with Gasteiger partial charge in [0.2, 0.25) is 5.91 Å². The molecule has 0 unspecified atom stereocenters. The minimum atomic E-state index is 0.188. The number of nitrogens with zero attached hydrogens (tertiary/aromatic N) is 5. The van der Waals surface area contributed by atoms with Gasteiger partial charge in [-0.05, 0) is 39.2 Å². The Labute approximate surface area is 175 Å². The van der Waals surface area contributed by atoms with Crippen molar-refractivity contribution in [3.63, 3.8) is 0 Å². The Hall–Kier alpha value is -1.93. The number of nitrogens with one attached hydrogen (secondary N) is 2. The molecule has 1 amide bonds. The van der Waals surface area contributed by atoms with Gasteiger partial charge in [0.15, 0.2) is 0 Å². The van der Waals surface area contributed by atoms with Gasteiger partial charge in [-0.25, -0.2) is 9.97 Å². The lowest BCUT2D eigenvalue weighted by atomic mass is 9.93. The molecule has 3 heterocycles. The molecule has 8 nitrogen and oxygen atoms in total. The summed E-state index contributed by atoms with van der Waals surface area (Å²) in [7, 11) is 2.16. The third-order valence-corrected chi connectivity index (χ3v) is 5.98. The molecule has 0 aliphatic carbocycles. The van der Waals surface area contributed by atoms with Crippen LogP contribution in [-0.4, -0.2) is 91.6 Å². The molecule has 3 rings (SSSR count). The summed E-state index contributed by atoms with van der Waals surface area (Å²) < 4.78 is 0. The minimum absolute atomic E-state index is 0.188. The lowest BCUT2D eigenvalue weighted by Gasteiger charge is -2.33. The third kappa shape index (κ3) is 7.12. The van der Waals surface area contributed by atoms with E-state index in [0.29, 0.717) is 12.3 Å². The number of carbonyl (C=O) groups excluding carboxylic acids is 1. The maximum absolute atomic E-state index is 12.3. The maximum Gasteiger partial charge on any atom is 0.220 e. The van der Waals surface area contributed by atoms with Crippen LogP contribution < -0.4 is 15.5 Å². The number of rotatable bonds is 9. The molecular weight excluding hydrogens is 366 g/mol. The number of amides is 1. The average Bonchev–Trinajstić information content (AvgIpc) is 2.74. The standard InChI is InChI=1S/C21H37N7O/c1-3-22-19-15-20(25-17-24-19)28-9-4-5-18(16-28)6-7-21(29)23-8-10-27-13-11-26(2)12-14-27/h15,17-18H,3-14,16H2,1-2H3,(H,23,29)(H,22,24,25)/t18-/m0/s1. The lowest BCUT2D eigenvalue weighted by molar-refractivity contribution is -0.121. The van der Waals surface area contributed by atoms with Crippen molar-refractivity contribution < 1.29 is 4.79 Å². The van der Waals surface area contributed by atoms with Crippen LogP contribution in [0.3, 0.4) is 0 Å². The van der Waals surface area contributed by atoms with Gasteiger partial charge < -0.3 is 20.4 Å². The highest BCUT2D eigenvalue weighted by Crippen LogP contribution is 2.25. The van der Waals surface area contributed by atoms with Crippen molar-refractivity contribution >= 4 is 17.5 Å². The zero-order valence-electron chi connectivity index (χ0n) is 18.1. The first kappa shape index (κ1) is 21.8. The zero-order chi connectivity index (χ0) is 20.5. The van der Waals surface area contributed by atoms with Crippen LogP contribution in [0.5, 0.6) is 0 Å². The Kier molecular flexibility index (Phi) is 8.49. The van der Waals surface area contributed by atoms with Crippen LogP contribution in [0.25, 0.3) is 0 Å². The van der Waals surface area contributed by atoms with Gasteiger partial charge in [0.1, 0.15) is 18.0 Å². The first-order chi connectivity index (χ1) is 14.1. The molecule has 0 saturated carbocycles. The van der Waals surface area contributed by atoms with Crippen molar-refractivity contribution in [1.82, 2.24) is 25.1 Å². The normalized spacial score (nSPS) is 21.2. The SMILES string of the molecule is CCNc1cc(N2CCC[C@@H](CCC(=O)NCCN3CCN(C)CC3)C2)ncn1. The third-order valence-electron chi connectivity index (χ3n) is 5.98. The highest BCUT2D eigenvalue weighted by Gasteiger charge is 2.22. The maximum atomic E-state index is 12.3. The van der Waals surface area contributed by atoms with Gasteiger partial charge in [-0.3, -0.25) is 9.69 Å². The second-order valence-electron chi connectivity index (χ2n) is 8.28. The van der Waals surface area contributed by atoms with Gasteiger partial charge >= 0.3 is 0 Å². The second-order valence-corrected chi connectivity index (χ2v) is 8.28. The Bertz CT molecular complexity index is 633. The van der Waals surface area contributed by atoms with Gasteiger partial charge in [-0.15, -0.1) is 0 Å². The summed E-state index contributed by atoms with van der Waals surface area (Å²) >= 11 is 0. The fourth-order valence-corrected chi connectivity index (χ4v) is 4.16. The summed E-state index contributed by atoms with van der Waals surface area (Å²) in [6, 6.07) is 2.02. The number of likely N-dealkylation sites (N-methyl/N-ethyl adjacent to an activating group) is 1. The van der Waals surface area contributed by atoms with Gasteiger partial charge in [-0.2, -0.15) is 0 Å². The van der Waals surface area contributed by atoms with Gasteiger partial charge in [0.05, 0.1) is 0 Å². The van der Waals surface area contributed by atoms with E-state index in [1.54, 1.807) is 6.33 Å². The molecule has 0 bridgehead atoms. The lowest BCUT2D eigenvalue weighted by Crippen LogP contribution is -2.46. The number of aromatic nitrogens is 2. The number of piperidine rings is 1. The number of piperazine rings is 1. The van der Waals surface area contributed by atoms with Crippen LogP contribution >= 0.6 is 0 Å². The molecule has 2 aliphatic heterocycles. The molecule has 162 valence electrons. The number of carbonyl (C=O) groups is 1. The molecule has 2 aliphatic rings. The molecule has 0 aromatic carbocycles. The van der Waals surface area contributed by atoms with Crippen molar-refractivity contribution in [2.75, 3.05) is 76.2 Å². The van der Waals surface area contributed by atoms with Crippen molar-refractivity contribution in [2.24, 2.45) is 5.92 Å². The fraction of sp³-hybridized carbons (Fsp3) is 0.762. The monoisotopic (exact) mass is 403 g/mol. The first-order valence-corrected chi connectivity index (χ1v) is 11.1. The summed E-state index contributed by atoms with van der Waals surface area (Å²) in [5, 5.41) is 6.36. The summed E-state index contributed by atoms with van der Waals surface area (Å²) in [5.74, 6) is 2.59. The number of hydrogen-bond acceptors (Lipinski definition) is 7. The number of anilines is 2. The number of hydrogen-bond donors (Lipinski definition) is 2. The summed E-state index contributed by atoms with van der Waals surface area (Å²) in [6.45, 7) is 11.1. The Morgan fingerprint density at radius 3 is 2.83 bits per heavy atom. The molecule has 0 spiro atoms. The molecule has 2 saturated heterocycles. The van der Waals surface area contributed by atoms with E-state index in [4.69, 9.17) is 0 Å². The van der Waals surface area contributed by atoms with E-state index in [2.05, 4.69) is 49.3 Å². The van der Waals surface area contributed by atoms with Gasteiger partial charge in [0, 0.05) is 71.4 Å². The van der Waals surface area contributed by atoms with Crippen LogP contribution in [0.1, 0.15) is 32.6 Å². The summed E-state index contributed by atoms with van der Waals surface area (Å²) in [4.78, 5) is 28.1. The molecule has 0 radical (unpaired) electrons. The molecule has 29 heavy (non-hydrogen) atoms. The minimum Gasteiger partial charge on any atom is -0.370 e. The van der Waals surface area contributed by atoms with E-state index in [0.717, 1.165) is 83.4 Å². The quantitative estimate of drug-likeness (QED) is 0.643. The van der Waals surface area contributed by atoms with Crippen LogP contribution in [0.15, 0.2) is 12.4 Å². The van der Waals surface area contributed by atoms with Crippen LogP contribution in [0.2, 0.25) is 0 Å². The summed E-state index contributed by atoms with van der Waals surface area (Å²) in [5.41, 5.74) is 0. The van der Waals surface area contributed by atoms with Crippen molar-refractivity contribution in [2.45, 2.75) is 32.6 Å². The predicted molar refractivity (Wildman–Crippen MR) is 117 cm³/mol. The highest BCUT2D eigenvalue weighted by molar-refractivity contribution is 5.75.